The average Bonchev–Trinajstić information content (AvgIpc) is 2.96. The first-order valence-electron chi connectivity index (χ1n) is 7.48. The number of halogens is 2. The molecule has 1 amide bonds. The van der Waals surface area contributed by atoms with E-state index in [9.17, 15) is 13.6 Å². The lowest BCUT2D eigenvalue weighted by molar-refractivity contribution is 0.0938. The molecule has 22 heavy (non-hydrogen) atoms. The van der Waals surface area contributed by atoms with Gasteiger partial charge < -0.3 is 15.0 Å². The van der Waals surface area contributed by atoms with Gasteiger partial charge in [-0.25, -0.2) is 8.78 Å². The van der Waals surface area contributed by atoms with Crippen molar-refractivity contribution in [2.75, 3.05) is 26.7 Å². The van der Waals surface area contributed by atoms with E-state index >= 15 is 0 Å². The van der Waals surface area contributed by atoms with Crippen molar-refractivity contribution >= 4 is 5.91 Å². The van der Waals surface area contributed by atoms with E-state index in [0.717, 1.165) is 25.6 Å². The summed E-state index contributed by atoms with van der Waals surface area (Å²) in [5.74, 6) is -2.51. The van der Waals surface area contributed by atoms with Gasteiger partial charge in [-0.2, -0.15) is 0 Å². The summed E-state index contributed by atoms with van der Waals surface area (Å²) in [7, 11) is 1.32. The monoisotopic (exact) mass is 312 g/mol. The van der Waals surface area contributed by atoms with Crippen molar-refractivity contribution in [3.8, 4) is 5.75 Å². The predicted octanol–water partition coefficient (Wildman–Crippen LogP) is 2.43. The zero-order valence-corrected chi connectivity index (χ0v) is 13.2. The van der Waals surface area contributed by atoms with Gasteiger partial charge in [0.15, 0.2) is 11.6 Å². The number of nitrogens with zero attached hydrogens (tertiary/aromatic N) is 1. The highest BCUT2D eigenvalue weighted by Gasteiger charge is 2.26. The first-order chi connectivity index (χ1) is 10.4. The van der Waals surface area contributed by atoms with Gasteiger partial charge in [-0.3, -0.25) is 4.79 Å². The van der Waals surface area contributed by atoms with Crippen LogP contribution in [0.2, 0.25) is 0 Å². The molecule has 0 aromatic heterocycles. The Morgan fingerprint density at radius 1 is 1.45 bits per heavy atom. The molecule has 4 nitrogen and oxygen atoms in total. The van der Waals surface area contributed by atoms with Crippen LogP contribution in [0.1, 0.15) is 30.6 Å². The molecule has 1 aromatic carbocycles. The average molecular weight is 312 g/mol. The topological polar surface area (TPSA) is 41.6 Å². The van der Waals surface area contributed by atoms with E-state index in [0.29, 0.717) is 18.5 Å². The zero-order chi connectivity index (χ0) is 16.3. The van der Waals surface area contributed by atoms with Crippen LogP contribution in [-0.4, -0.2) is 43.6 Å². The number of benzene rings is 1. The molecule has 2 rings (SSSR count). The van der Waals surface area contributed by atoms with Crippen LogP contribution in [-0.2, 0) is 0 Å². The van der Waals surface area contributed by atoms with Crippen LogP contribution in [0.5, 0.6) is 5.75 Å². The fourth-order valence-corrected chi connectivity index (χ4v) is 2.74. The molecule has 1 saturated heterocycles. The molecule has 1 N–H and O–H groups in total. The van der Waals surface area contributed by atoms with Gasteiger partial charge in [0.1, 0.15) is 11.3 Å². The molecular weight excluding hydrogens is 290 g/mol. The summed E-state index contributed by atoms with van der Waals surface area (Å²) in [5, 5.41) is 2.69. The molecule has 1 atom stereocenters. The van der Waals surface area contributed by atoms with E-state index < -0.39 is 17.5 Å². The molecular formula is C16H22F2N2O2. The number of rotatable bonds is 5. The molecule has 1 fully saturated rings. The lowest BCUT2D eigenvalue weighted by Gasteiger charge is -2.20. The third-order valence-corrected chi connectivity index (χ3v) is 4.10. The normalized spacial score (nSPS) is 18.7. The van der Waals surface area contributed by atoms with Gasteiger partial charge in [0.2, 0.25) is 0 Å². The minimum atomic E-state index is -1.17. The largest absolute Gasteiger partial charge is 0.496 e. The number of amides is 1. The lowest BCUT2D eigenvalue weighted by Crippen LogP contribution is -2.33. The number of hydrogen-bond donors (Lipinski definition) is 1. The zero-order valence-electron chi connectivity index (χ0n) is 13.2. The molecule has 0 unspecified atom stereocenters. The minimum absolute atomic E-state index is 0.0339. The Bertz CT molecular complexity index is 549. The molecule has 6 heteroatoms. The van der Waals surface area contributed by atoms with E-state index in [4.69, 9.17) is 4.74 Å². The summed E-state index contributed by atoms with van der Waals surface area (Å²) in [5.41, 5.74) is -0.374. The van der Waals surface area contributed by atoms with Gasteiger partial charge in [-0.15, -0.1) is 0 Å². The van der Waals surface area contributed by atoms with Crippen LogP contribution < -0.4 is 10.1 Å². The standard InChI is InChI=1S/C16H22F2N2O2/c1-10(2)20-7-6-11(9-20)8-19-16(21)14-13(22-3)5-4-12(17)15(14)18/h4-5,10-11H,6-9H2,1-3H3,(H,19,21)/t11-/m0/s1. The van der Waals surface area contributed by atoms with Crippen molar-refractivity contribution in [3.63, 3.8) is 0 Å². The SMILES string of the molecule is COc1ccc(F)c(F)c1C(=O)NC[C@@H]1CCN(C(C)C)C1. The summed E-state index contributed by atoms with van der Waals surface area (Å²) in [6.07, 6.45) is 0.987. The first kappa shape index (κ1) is 16.7. The van der Waals surface area contributed by atoms with Crippen molar-refractivity contribution in [1.29, 1.82) is 0 Å². The third-order valence-electron chi connectivity index (χ3n) is 4.10. The van der Waals surface area contributed by atoms with E-state index in [-0.39, 0.29) is 11.3 Å². The van der Waals surface area contributed by atoms with Crippen molar-refractivity contribution < 1.29 is 18.3 Å². The Kier molecular flexibility index (Phi) is 5.34. The number of carbonyl (C=O) groups excluding carboxylic acids is 1. The van der Waals surface area contributed by atoms with Crippen LogP contribution in [0.15, 0.2) is 12.1 Å². The molecule has 0 spiro atoms. The molecule has 0 radical (unpaired) electrons. The van der Waals surface area contributed by atoms with E-state index in [1.54, 1.807) is 0 Å². The molecule has 0 saturated carbocycles. The van der Waals surface area contributed by atoms with Crippen LogP contribution in [0.4, 0.5) is 8.78 Å². The summed E-state index contributed by atoms with van der Waals surface area (Å²) in [6, 6.07) is 2.67. The predicted molar refractivity (Wildman–Crippen MR) is 80.1 cm³/mol. The number of nitrogens with one attached hydrogen (secondary N) is 1. The molecule has 1 aromatic rings. The smallest absolute Gasteiger partial charge is 0.258 e. The highest BCUT2D eigenvalue weighted by molar-refractivity contribution is 5.97. The highest BCUT2D eigenvalue weighted by atomic mass is 19.2. The van der Waals surface area contributed by atoms with Crippen molar-refractivity contribution in [2.24, 2.45) is 5.92 Å². The Morgan fingerprint density at radius 3 is 2.77 bits per heavy atom. The maximum Gasteiger partial charge on any atom is 0.258 e. The molecule has 1 aliphatic rings. The Morgan fingerprint density at radius 2 is 2.18 bits per heavy atom. The Hall–Kier alpha value is -1.69. The summed E-state index contributed by atoms with van der Waals surface area (Å²) in [6.45, 7) is 6.61. The number of likely N-dealkylation sites (tertiary alicyclic amines) is 1. The van der Waals surface area contributed by atoms with Crippen molar-refractivity contribution in [3.05, 3.63) is 29.3 Å². The van der Waals surface area contributed by atoms with Gasteiger partial charge >= 0.3 is 0 Å². The number of methoxy groups -OCH3 is 1. The van der Waals surface area contributed by atoms with E-state index in [2.05, 4.69) is 24.1 Å². The van der Waals surface area contributed by atoms with Crippen LogP contribution in [0.3, 0.4) is 0 Å². The van der Waals surface area contributed by atoms with Gasteiger partial charge in [0, 0.05) is 19.1 Å². The lowest BCUT2D eigenvalue weighted by atomic mass is 10.1. The Balaban J connectivity index is 2.00. The van der Waals surface area contributed by atoms with Crippen molar-refractivity contribution in [1.82, 2.24) is 10.2 Å². The number of ether oxygens (including phenoxy) is 1. The molecule has 1 heterocycles. The van der Waals surface area contributed by atoms with Gasteiger partial charge in [0.05, 0.1) is 7.11 Å². The van der Waals surface area contributed by atoms with E-state index in [1.165, 1.54) is 13.2 Å². The second kappa shape index (κ2) is 7.05. The van der Waals surface area contributed by atoms with E-state index in [1.807, 2.05) is 0 Å². The molecule has 0 aliphatic carbocycles. The van der Waals surface area contributed by atoms with Crippen LogP contribution >= 0.6 is 0 Å². The molecule has 0 bridgehead atoms. The second-order valence-electron chi connectivity index (χ2n) is 5.89. The first-order valence-corrected chi connectivity index (χ1v) is 7.48. The van der Waals surface area contributed by atoms with Gasteiger partial charge in [0.25, 0.3) is 5.91 Å². The highest BCUT2D eigenvalue weighted by Crippen LogP contribution is 2.24. The van der Waals surface area contributed by atoms with Gasteiger partial charge in [-0.1, -0.05) is 0 Å². The second-order valence-corrected chi connectivity index (χ2v) is 5.89. The van der Waals surface area contributed by atoms with Gasteiger partial charge in [-0.05, 0) is 44.9 Å². The maximum atomic E-state index is 13.8. The fraction of sp³-hybridized carbons (Fsp3) is 0.562. The van der Waals surface area contributed by atoms with Crippen molar-refractivity contribution in [2.45, 2.75) is 26.3 Å². The number of hydrogen-bond acceptors (Lipinski definition) is 3. The molecule has 122 valence electrons. The molecule has 1 aliphatic heterocycles. The summed E-state index contributed by atoms with van der Waals surface area (Å²) >= 11 is 0. The minimum Gasteiger partial charge on any atom is -0.496 e. The van der Waals surface area contributed by atoms with Crippen LogP contribution in [0, 0.1) is 17.6 Å². The fourth-order valence-electron chi connectivity index (χ4n) is 2.74. The summed E-state index contributed by atoms with van der Waals surface area (Å²) in [4.78, 5) is 14.5. The summed E-state index contributed by atoms with van der Waals surface area (Å²) < 4.78 is 32.1. The third kappa shape index (κ3) is 3.55. The Labute approximate surface area is 129 Å². The quantitative estimate of drug-likeness (QED) is 0.908. The number of carbonyl (C=O) groups is 1. The maximum absolute atomic E-state index is 13.8. The van der Waals surface area contributed by atoms with Crippen LogP contribution in [0.25, 0.3) is 0 Å².